The predicted molar refractivity (Wildman–Crippen MR) is 177 cm³/mol. The summed E-state index contributed by atoms with van der Waals surface area (Å²) in [4.78, 5) is 53.8. The number of carbonyl (C=O) groups excluding carboxylic acids is 3. The number of amides is 4. The number of ether oxygens (including phenoxy) is 1. The fraction of sp³-hybridized carbons (Fsp3) is 0.657. The Morgan fingerprint density at radius 3 is 2.37 bits per heavy atom. The van der Waals surface area contributed by atoms with Gasteiger partial charge in [-0.1, -0.05) is 76.3 Å². The summed E-state index contributed by atoms with van der Waals surface area (Å²) < 4.78 is 5.49. The molecule has 2 aliphatic rings. The van der Waals surface area contributed by atoms with E-state index in [4.69, 9.17) is 10.5 Å². The van der Waals surface area contributed by atoms with Crippen molar-refractivity contribution in [3.8, 4) is 0 Å². The first-order valence-electron chi connectivity index (χ1n) is 17.0. The summed E-state index contributed by atoms with van der Waals surface area (Å²) in [6, 6.07) is 7.12. The normalized spacial score (nSPS) is 19.9. The van der Waals surface area contributed by atoms with Crippen LogP contribution in [0.2, 0.25) is 0 Å². The zero-order chi connectivity index (χ0) is 33.3. The lowest BCUT2D eigenvalue weighted by atomic mass is 9.75. The Morgan fingerprint density at radius 1 is 1.11 bits per heavy atom. The van der Waals surface area contributed by atoms with Crippen LogP contribution in [-0.2, 0) is 14.3 Å². The molecule has 5 N–H and O–H groups in total. The molecule has 254 valence electrons. The third-order valence-corrected chi connectivity index (χ3v) is 9.67. The first-order valence-corrected chi connectivity index (χ1v) is 17.0. The molecule has 1 saturated carbocycles. The van der Waals surface area contributed by atoms with E-state index in [-0.39, 0.29) is 13.1 Å². The molecule has 1 saturated heterocycles. The fourth-order valence-corrected chi connectivity index (χ4v) is 6.97. The molecular formula is C35H54N6O5. The second-order valence-corrected chi connectivity index (χ2v) is 13.7. The summed E-state index contributed by atoms with van der Waals surface area (Å²) in [6.45, 7) is 8.58. The molecule has 2 aromatic rings. The molecule has 5 atom stereocenters. The Morgan fingerprint density at radius 2 is 1.78 bits per heavy atom. The second-order valence-electron chi connectivity index (χ2n) is 13.7. The van der Waals surface area contributed by atoms with E-state index >= 15 is 4.79 Å². The quantitative estimate of drug-likeness (QED) is 0.257. The lowest BCUT2D eigenvalue weighted by Gasteiger charge is -2.47. The Kier molecular flexibility index (Phi) is 12.8. The van der Waals surface area contributed by atoms with Crippen LogP contribution >= 0.6 is 0 Å². The van der Waals surface area contributed by atoms with Crippen LogP contribution in [0.15, 0.2) is 42.9 Å². The number of morpholine rings is 1. The van der Waals surface area contributed by atoms with Gasteiger partial charge in [0.25, 0.3) is 0 Å². The molecule has 1 aromatic carbocycles. The number of aliphatic hydroxyl groups excluding tert-OH is 1. The highest BCUT2D eigenvalue weighted by molar-refractivity contribution is 6.04. The average molecular weight is 639 g/mol. The maximum absolute atomic E-state index is 15.1. The largest absolute Gasteiger partial charge is 0.391 e. The van der Waals surface area contributed by atoms with Gasteiger partial charge in [-0.2, -0.15) is 0 Å². The zero-order valence-corrected chi connectivity index (χ0v) is 28.0. The van der Waals surface area contributed by atoms with Crippen LogP contribution in [0.3, 0.4) is 0 Å². The predicted octanol–water partition coefficient (Wildman–Crippen LogP) is 4.18. The van der Waals surface area contributed by atoms with Crippen molar-refractivity contribution in [3.05, 3.63) is 54.1 Å². The van der Waals surface area contributed by atoms with Gasteiger partial charge in [0.05, 0.1) is 43.6 Å². The van der Waals surface area contributed by atoms with Crippen LogP contribution in [0, 0.1) is 11.8 Å². The standard InChI is InChI=1S/C35H54N6O5/c1-24(2)15-16-30(42)28(21-26-11-7-5-8-12-26)39-33(44)35(4,31(29-22-37-23-38-29)27-13-9-6-10-14-27)41(32(43)25(3)36)34(45)40-17-19-46-20-18-40/h6,9-10,13-14,22-26,28,30-31,42H,5,7-8,11-12,15-21,36H2,1-4H3,(H,37,38)(H,39,44)/t25-,28-,30-,31?,35-/m0/s1. The molecule has 11 nitrogen and oxygen atoms in total. The number of imide groups is 1. The van der Waals surface area contributed by atoms with E-state index in [2.05, 4.69) is 29.1 Å². The van der Waals surface area contributed by atoms with Gasteiger partial charge >= 0.3 is 6.03 Å². The molecule has 0 bridgehead atoms. The summed E-state index contributed by atoms with van der Waals surface area (Å²) in [5.74, 6) is -1.27. The van der Waals surface area contributed by atoms with Crippen molar-refractivity contribution in [2.24, 2.45) is 17.6 Å². The van der Waals surface area contributed by atoms with E-state index in [1.165, 1.54) is 19.7 Å². The highest BCUT2D eigenvalue weighted by atomic mass is 16.5. The number of hydrogen-bond donors (Lipinski definition) is 4. The van der Waals surface area contributed by atoms with Gasteiger partial charge in [0.1, 0.15) is 5.54 Å². The molecule has 0 radical (unpaired) electrons. The van der Waals surface area contributed by atoms with Crippen LogP contribution < -0.4 is 11.1 Å². The van der Waals surface area contributed by atoms with Crippen molar-refractivity contribution < 1.29 is 24.2 Å². The van der Waals surface area contributed by atoms with Crippen molar-refractivity contribution in [3.63, 3.8) is 0 Å². The van der Waals surface area contributed by atoms with Gasteiger partial charge in [0, 0.05) is 25.0 Å². The molecule has 4 rings (SSSR count). The molecule has 2 fully saturated rings. The number of carbonyl (C=O) groups is 3. The lowest BCUT2D eigenvalue weighted by molar-refractivity contribution is -0.146. The Bertz CT molecular complexity index is 1240. The van der Waals surface area contributed by atoms with Crippen LogP contribution in [-0.4, -0.2) is 92.7 Å². The Labute approximate surface area is 273 Å². The van der Waals surface area contributed by atoms with Gasteiger partial charge in [-0.15, -0.1) is 0 Å². The summed E-state index contributed by atoms with van der Waals surface area (Å²) in [6.07, 6.45) is 9.87. The number of urea groups is 1. The van der Waals surface area contributed by atoms with Gasteiger partial charge in [-0.05, 0) is 50.5 Å². The van der Waals surface area contributed by atoms with Crippen LogP contribution in [0.4, 0.5) is 4.79 Å². The van der Waals surface area contributed by atoms with Crippen molar-refractivity contribution in [2.45, 2.75) is 109 Å². The molecule has 1 unspecified atom stereocenters. The van der Waals surface area contributed by atoms with Gasteiger partial charge in [-0.3, -0.25) is 9.59 Å². The topological polar surface area (TPSA) is 154 Å². The van der Waals surface area contributed by atoms with Crippen molar-refractivity contribution >= 4 is 17.8 Å². The molecule has 4 amide bonds. The van der Waals surface area contributed by atoms with Crippen LogP contribution in [0.25, 0.3) is 0 Å². The van der Waals surface area contributed by atoms with E-state index < -0.39 is 47.5 Å². The minimum atomic E-state index is -1.81. The number of rotatable bonds is 13. The lowest BCUT2D eigenvalue weighted by Crippen LogP contribution is -2.69. The maximum atomic E-state index is 15.1. The van der Waals surface area contributed by atoms with Crippen molar-refractivity contribution in [1.29, 1.82) is 0 Å². The van der Waals surface area contributed by atoms with Crippen LogP contribution in [0.1, 0.15) is 96.2 Å². The molecule has 0 spiro atoms. The second kappa shape index (κ2) is 16.5. The summed E-state index contributed by atoms with van der Waals surface area (Å²) in [5, 5.41) is 14.8. The number of benzene rings is 1. The van der Waals surface area contributed by atoms with E-state index in [0.717, 1.165) is 37.0 Å². The zero-order valence-electron chi connectivity index (χ0n) is 28.0. The first kappa shape index (κ1) is 35.6. The molecule has 11 heteroatoms. The smallest absolute Gasteiger partial charge is 0.327 e. The number of H-pyrrole nitrogens is 1. The third kappa shape index (κ3) is 8.54. The Hall–Kier alpha value is -3.28. The van der Waals surface area contributed by atoms with E-state index in [0.29, 0.717) is 49.1 Å². The summed E-state index contributed by atoms with van der Waals surface area (Å²) in [5.41, 5.74) is 5.69. The number of aliphatic hydroxyl groups is 1. The monoisotopic (exact) mass is 638 g/mol. The van der Waals surface area contributed by atoms with Gasteiger partial charge in [0.2, 0.25) is 11.8 Å². The molecular weight excluding hydrogens is 584 g/mol. The number of aromatic nitrogens is 2. The minimum absolute atomic E-state index is 0.275. The van der Waals surface area contributed by atoms with E-state index in [1.54, 1.807) is 18.0 Å². The SMILES string of the molecule is CC(C)CC[C@H](O)[C@H](CC1CCCCC1)NC(=O)[C@](C)(C(c1ccccc1)c1cnc[nH]1)N(C(=O)[C@H](C)N)C(=O)N1CCOCC1. The minimum Gasteiger partial charge on any atom is -0.391 e. The molecule has 1 aliphatic heterocycles. The Balaban J connectivity index is 1.85. The van der Waals surface area contributed by atoms with Crippen LogP contribution in [0.5, 0.6) is 0 Å². The van der Waals surface area contributed by atoms with Gasteiger partial charge in [-0.25, -0.2) is 14.7 Å². The molecule has 1 aliphatic carbocycles. The molecule has 46 heavy (non-hydrogen) atoms. The van der Waals surface area contributed by atoms with E-state index in [9.17, 15) is 14.7 Å². The number of nitrogens with one attached hydrogen (secondary N) is 2. The first-order chi connectivity index (χ1) is 22.0. The van der Waals surface area contributed by atoms with E-state index in [1.807, 2.05) is 30.3 Å². The van der Waals surface area contributed by atoms with Crippen molar-refractivity contribution in [1.82, 2.24) is 25.1 Å². The number of nitrogens with zero attached hydrogens (tertiary/aromatic N) is 3. The summed E-state index contributed by atoms with van der Waals surface area (Å²) >= 11 is 0. The number of hydrogen-bond acceptors (Lipinski definition) is 7. The number of aromatic amines is 1. The fourth-order valence-electron chi connectivity index (χ4n) is 6.97. The number of nitrogens with two attached hydrogens (primary N) is 1. The van der Waals surface area contributed by atoms with Gasteiger partial charge < -0.3 is 30.8 Å². The molecule has 1 aromatic heterocycles. The number of imidazole rings is 1. The third-order valence-electron chi connectivity index (χ3n) is 9.67. The van der Waals surface area contributed by atoms with Crippen molar-refractivity contribution in [2.75, 3.05) is 26.3 Å². The maximum Gasteiger partial charge on any atom is 0.327 e. The average Bonchev–Trinajstić information content (AvgIpc) is 3.59. The van der Waals surface area contributed by atoms with Gasteiger partial charge in [0.15, 0.2) is 0 Å². The highest BCUT2D eigenvalue weighted by Gasteiger charge is 2.55. The molecule has 2 heterocycles. The highest BCUT2D eigenvalue weighted by Crippen LogP contribution is 2.40. The summed E-state index contributed by atoms with van der Waals surface area (Å²) in [7, 11) is 0.